The minimum atomic E-state index is 0.502. The third-order valence-corrected chi connectivity index (χ3v) is 5.38. The lowest BCUT2D eigenvalue weighted by molar-refractivity contribution is 0.290. The molecular formula is C16H19Cl3N2. The Kier molecular flexibility index (Phi) is 4.68. The normalized spacial score (nSPS) is 22.9. The van der Waals surface area contributed by atoms with E-state index in [4.69, 9.17) is 39.8 Å². The van der Waals surface area contributed by atoms with Crippen LogP contribution in [-0.2, 0) is 6.42 Å². The molecule has 0 N–H and O–H groups in total. The van der Waals surface area contributed by atoms with E-state index in [0.717, 1.165) is 29.2 Å². The molecule has 0 saturated heterocycles. The summed E-state index contributed by atoms with van der Waals surface area (Å²) in [4.78, 5) is 4.73. The van der Waals surface area contributed by atoms with Crippen molar-refractivity contribution in [3.05, 3.63) is 28.0 Å². The van der Waals surface area contributed by atoms with Crippen LogP contribution in [0.2, 0.25) is 10.0 Å². The number of benzene rings is 1. The molecule has 2 aromatic rings. The number of aromatic nitrogens is 2. The number of alkyl halides is 1. The summed E-state index contributed by atoms with van der Waals surface area (Å²) in [6, 6.07) is 4.31. The fraction of sp³-hybridized carbons (Fsp3) is 0.562. The van der Waals surface area contributed by atoms with E-state index in [1.54, 1.807) is 0 Å². The Labute approximate surface area is 140 Å². The van der Waals surface area contributed by atoms with Crippen LogP contribution in [0.5, 0.6) is 0 Å². The Morgan fingerprint density at radius 2 is 1.81 bits per heavy atom. The van der Waals surface area contributed by atoms with Gasteiger partial charge < -0.3 is 4.57 Å². The smallest absolute Gasteiger partial charge is 0.111 e. The highest BCUT2D eigenvalue weighted by molar-refractivity contribution is 6.42. The van der Waals surface area contributed by atoms with E-state index in [-0.39, 0.29) is 0 Å². The van der Waals surface area contributed by atoms with Crippen molar-refractivity contribution in [3.63, 3.8) is 0 Å². The van der Waals surface area contributed by atoms with Crippen LogP contribution in [0.1, 0.15) is 44.5 Å². The van der Waals surface area contributed by atoms with Gasteiger partial charge in [-0.25, -0.2) is 4.98 Å². The van der Waals surface area contributed by atoms with Crippen molar-refractivity contribution in [1.29, 1.82) is 0 Å². The Balaban J connectivity index is 2.09. The zero-order chi connectivity index (χ0) is 15.0. The van der Waals surface area contributed by atoms with Crippen molar-refractivity contribution >= 4 is 45.8 Å². The lowest BCUT2D eigenvalue weighted by Crippen LogP contribution is -2.19. The molecule has 1 aliphatic rings. The molecule has 0 amide bonds. The first-order valence-corrected chi connectivity index (χ1v) is 8.81. The van der Waals surface area contributed by atoms with Crippen molar-refractivity contribution in [2.45, 2.75) is 45.1 Å². The molecule has 0 aliphatic heterocycles. The number of hydrogen-bond acceptors (Lipinski definition) is 1. The van der Waals surface area contributed by atoms with Crippen molar-refractivity contribution in [3.8, 4) is 0 Å². The summed E-state index contributed by atoms with van der Waals surface area (Å²) in [5.41, 5.74) is 2.01. The average molecular weight is 346 g/mol. The number of rotatable bonds is 3. The lowest BCUT2D eigenvalue weighted by Gasteiger charge is -2.29. The molecule has 114 valence electrons. The molecule has 1 aliphatic carbocycles. The van der Waals surface area contributed by atoms with Crippen molar-refractivity contribution in [2.24, 2.45) is 5.92 Å². The molecule has 0 bridgehead atoms. The summed E-state index contributed by atoms with van der Waals surface area (Å²) in [5, 5.41) is 1.15. The van der Waals surface area contributed by atoms with E-state index in [2.05, 4.69) is 11.5 Å². The van der Waals surface area contributed by atoms with Crippen LogP contribution < -0.4 is 0 Å². The Hall–Kier alpha value is -0.440. The Morgan fingerprint density at radius 3 is 2.48 bits per heavy atom. The van der Waals surface area contributed by atoms with Crippen molar-refractivity contribution in [2.75, 3.05) is 5.88 Å². The van der Waals surface area contributed by atoms with Gasteiger partial charge in [-0.3, -0.25) is 0 Å². The highest BCUT2D eigenvalue weighted by Gasteiger charge is 2.24. The second kappa shape index (κ2) is 6.36. The van der Waals surface area contributed by atoms with Crippen LogP contribution in [0, 0.1) is 5.92 Å². The van der Waals surface area contributed by atoms with Crippen LogP contribution in [0.4, 0.5) is 0 Å². The van der Waals surface area contributed by atoms with E-state index in [1.165, 1.54) is 25.7 Å². The molecule has 1 aromatic heterocycles. The molecule has 1 heterocycles. The SMILES string of the molecule is CC1CCC(n2c(CCCl)nc3cc(Cl)c(Cl)cc32)CC1. The number of imidazole rings is 1. The largest absolute Gasteiger partial charge is 0.325 e. The summed E-state index contributed by atoms with van der Waals surface area (Å²) >= 11 is 18.3. The first-order chi connectivity index (χ1) is 10.1. The van der Waals surface area contributed by atoms with Gasteiger partial charge in [-0.2, -0.15) is 0 Å². The molecule has 0 unspecified atom stereocenters. The van der Waals surface area contributed by atoms with Gasteiger partial charge in [0.05, 0.1) is 21.1 Å². The predicted octanol–water partition coefficient (Wildman–Crippen LogP) is 5.88. The van der Waals surface area contributed by atoms with Crippen LogP contribution in [-0.4, -0.2) is 15.4 Å². The van der Waals surface area contributed by atoms with Crippen LogP contribution in [0.15, 0.2) is 12.1 Å². The topological polar surface area (TPSA) is 17.8 Å². The zero-order valence-electron chi connectivity index (χ0n) is 12.1. The molecule has 1 saturated carbocycles. The van der Waals surface area contributed by atoms with Gasteiger partial charge in [-0.1, -0.05) is 30.1 Å². The quantitative estimate of drug-likeness (QED) is 0.635. The Bertz CT molecular complexity index is 642. The molecule has 5 heteroatoms. The van der Waals surface area contributed by atoms with E-state index in [1.807, 2.05) is 12.1 Å². The monoisotopic (exact) mass is 344 g/mol. The second-order valence-electron chi connectivity index (χ2n) is 6.01. The molecule has 1 fully saturated rings. The summed E-state index contributed by atoms with van der Waals surface area (Å²) in [6.45, 7) is 2.33. The standard InChI is InChI=1S/C16H19Cl3N2/c1-10-2-4-11(5-3-10)21-15-9-13(19)12(18)8-14(15)20-16(21)6-7-17/h8-11H,2-7H2,1H3. The van der Waals surface area contributed by atoms with Gasteiger partial charge in [-0.15, -0.1) is 11.6 Å². The molecule has 1 aromatic carbocycles. The predicted molar refractivity (Wildman–Crippen MR) is 90.8 cm³/mol. The molecular weight excluding hydrogens is 327 g/mol. The van der Waals surface area contributed by atoms with Gasteiger partial charge in [0.15, 0.2) is 0 Å². The van der Waals surface area contributed by atoms with Gasteiger partial charge in [0.25, 0.3) is 0 Å². The maximum absolute atomic E-state index is 6.21. The van der Waals surface area contributed by atoms with E-state index < -0.39 is 0 Å². The van der Waals surface area contributed by atoms with Crippen molar-refractivity contribution < 1.29 is 0 Å². The van der Waals surface area contributed by atoms with Gasteiger partial charge in [0.1, 0.15) is 5.82 Å². The summed E-state index contributed by atoms with van der Waals surface area (Å²) in [6.07, 6.45) is 5.71. The van der Waals surface area contributed by atoms with Crippen LogP contribution in [0.3, 0.4) is 0 Å². The first kappa shape index (κ1) is 15.5. The molecule has 0 atom stereocenters. The number of fused-ring (bicyclic) bond motifs is 1. The van der Waals surface area contributed by atoms with E-state index in [9.17, 15) is 0 Å². The zero-order valence-corrected chi connectivity index (χ0v) is 14.3. The molecule has 0 spiro atoms. The highest BCUT2D eigenvalue weighted by Crippen LogP contribution is 2.37. The maximum atomic E-state index is 6.21. The third-order valence-electron chi connectivity index (χ3n) is 4.47. The van der Waals surface area contributed by atoms with Crippen LogP contribution >= 0.6 is 34.8 Å². The minimum Gasteiger partial charge on any atom is -0.325 e. The van der Waals surface area contributed by atoms with Gasteiger partial charge in [0.2, 0.25) is 0 Å². The fourth-order valence-corrected chi connectivity index (χ4v) is 3.79. The molecule has 2 nitrogen and oxygen atoms in total. The van der Waals surface area contributed by atoms with Crippen molar-refractivity contribution in [1.82, 2.24) is 9.55 Å². The van der Waals surface area contributed by atoms with Gasteiger partial charge in [-0.05, 0) is 43.7 Å². The van der Waals surface area contributed by atoms with Gasteiger partial charge >= 0.3 is 0 Å². The third kappa shape index (κ3) is 3.04. The van der Waals surface area contributed by atoms with E-state index >= 15 is 0 Å². The first-order valence-electron chi connectivity index (χ1n) is 7.52. The van der Waals surface area contributed by atoms with E-state index in [0.29, 0.717) is 22.0 Å². The minimum absolute atomic E-state index is 0.502. The number of aryl methyl sites for hydroxylation is 1. The maximum Gasteiger partial charge on any atom is 0.111 e. The fourth-order valence-electron chi connectivity index (χ4n) is 3.31. The Morgan fingerprint density at radius 1 is 1.14 bits per heavy atom. The van der Waals surface area contributed by atoms with Crippen LogP contribution in [0.25, 0.3) is 11.0 Å². The number of halogens is 3. The summed E-state index contributed by atoms with van der Waals surface area (Å²) < 4.78 is 2.35. The highest BCUT2D eigenvalue weighted by atomic mass is 35.5. The summed E-state index contributed by atoms with van der Waals surface area (Å²) in [5.74, 6) is 2.46. The lowest BCUT2D eigenvalue weighted by atomic mass is 9.87. The average Bonchev–Trinajstić information content (AvgIpc) is 2.78. The molecule has 21 heavy (non-hydrogen) atoms. The molecule has 0 radical (unpaired) electrons. The number of hydrogen-bond donors (Lipinski definition) is 0. The summed E-state index contributed by atoms with van der Waals surface area (Å²) in [7, 11) is 0. The second-order valence-corrected chi connectivity index (χ2v) is 7.20. The molecule has 3 rings (SSSR count). The van der Waals surface area contributed by atoms with Gasteiger partial charge in [0, 0.05) is 18.3 Å². The number of nitrogens with zero attached hydrogens (tertiary/aromatic N) is 2.